The van der Waals surface area contributed by atoms with Gasteiger partial charge in [-0.25, -0.2) is 4.79 Å². The summed E-state index contributed by atoms with van der Waals surface area (Å²) in [5.74, 6) is -0.624. The number of carboxylic acid groups (broad SMARTS) is 1. The van der Waals surface area contributed by atoms with Gasteiger partial charge in [0.25, 0.3) is 0 Å². The first-order valence-corrected chi connectivity index (χ1v) is 10.1. The predicted octanol–water partition coefficient (Wildman–Crippen LogP) is 6.43. The number of hydrogen-bond donors (Lipinski definition) is 2. The normalized spacial score (nSPS) is 15.6. The number of rotatable bonds is 4. The van der Waals surface area contributed by atoms with E-state index in [1.807, 2.05) is 24.3 Å². The van der Waals surface area contributed by atoms with Crippen LogP contribution in [0.1, 0.15) is 68.6 Å². The molecule has 0 saturated heterocycles. The van der Waals surface area contributed by atoms with Gasteiger partial charge < -0.3 is 10.2 Å². The summed E-state index contributed by atoms with van der Waals surface area (Å²) in [5.41, 5.74) is 6.22. The SMILES string of the molecule is CC(=Cc1ccc(C(=C2CCCCCCC2)c2ccc(O)cc2)cc1)C(=O)O. The minimum absolute atomic E-state index is 0.274. The molecule has 2 aromatic rings. The molecule has 0 aliphatic heterocycles. The molecule has 0 atom stereocenters. The largest absolute Gasteiger partial charge is 0.508 e. The highest BCUT2D eigenvalue weighted by atomic mass is 16.4. The van der Waals surface area contributed by atoms with Gasteiger partial charge in [-0.2, -0.15) is 0 Å². The minimum Gasteiger partial charge on any atom is -0.508 e. The summed E-state index contributed by atoms with van der Waals surface area (Å²) in [6.45, 7) is 1.61. The van der Waals surface area contributed by atoms with Crippen LogP contribution in [0.4, 0.5) is 0 Å². The first kappa shape index (κ1) is 19.9. The summed E-state index contributed by atoms with van der Waals surface area (Å²) in [6.07, 6.45) is 10.2. The van der Waals surface area contributed by atoms with E-state index in [1.165, 1.54) is 43.3 Å². The van der Waals surface area contributed by atoms with Crippen LogP contribution in [0.2, 0.25) is 0 Å². The predicted molar refractivity (Wildman–Crippen MR) is 114 cm³/mol. The van der Waals surface area contributed by atoms with Crippen molar-refractivity contribution in [2.45, 2.75) is 51.9 Å². The van der Waals surface area contributed by atoms with E-state index in [2.05, 4.69) is 12.1 Å². The molecule has 3 rings (SSSR count). The molecule has 1 aliphatic rings. The average Bonchev–Trinajstić information content (AvgIpc) is 2.66. The Morgan fingerprint density at radius 3 is 1.86 bits per heavy atom. The second kappa shape index (κ2) is 9.41. The highest BCUT2D eigenvalue weighted by Crippen LogP contribution is 2.34. The Hall–Kier alpha value is -2.81. The minimum atomic E-state index is -0.898. The number of aliphatic carboxylic acids is 1. The maximum atomic E-state index is 11.1. The number of benzene rings is 2. The third kappa shape index (κ3) is 5.13. The summed E-state index contributed by atoms with van der Waals surface area (Å²) in [4.78, 5) is 11.1. The fourth-order valence-corrected chi connectivity index (χ4v) is 3.84. The Balaban J connectivity index is 2.02. The van der Waals surface area contributed by atoms with Gasteiger partial charge in [-0.3, -0.25) is 0 Å². The van der Waals surface area contributed by atoms with Crippen LogP contribution in [0.25, 0.3) is 11.6 Å². The van der Waals surface area contributed by atoms with Gasteiger partial charge in [-0.1, -0.05) is 61.2 Å². The smallest absolute Gasteiger partial charge is 0.331 e. The van der Waals surface area contributed by atoms with E-state index in [4.69, 9.17) is 5.11 Å². The molecule has 1 saturated carbocycles. The lowest BCUT2D eigenvalue weighted by Crippen LogP contribution is -1.99. The Morgan fingerprint density at radius 2 is 1.32 bits per heavy atom. The van der Waals surface area contributed by atoms with E-state index in [-0.39, 0.29) is 5.75 Å². The molecule has 0 bridgehead atoms. The lowest BCUT2D eigenvalue weighted by atomic mass is 9.86. The number of phenols is 1. The summed E-state index contributed by atoms with van der Waals surface area (Å²) in [6, 6.07) is 15.6. The number of carboxylic acids is 1. The summed E-state index contributed by atoms with van der Waals surface area (Å²) in [5, 5.41) is 18.8. The van der Waals surface area contributed by atoms with Crippen molar-refractivity contribution in [2.75, 3.05) is 0 Å². The summed E-state index contributed by atoms with van der Waals surface area (Å²) in [7, 11) is 0. The van der Waals surface area contributed by atoms with Gasteiger partial charge in [-0.15, -0.1) is 0 Å². The number of allylic oxidation sites excluding steroid dienone is 1. The van der Waals surface area contributed by atoms with E-state index < -0.39 is 5.97 Å². The van der Waals surface area contributed by atoms with Gasteiger partial charge in [-0.05, 0) is 73.1 Å². The molecule has 2 N–H and O–H groups in total. The van der Waals surface area contributed by atoms with Crippen LogP contribution in [-0.2, 0) is 4.79 Å². The molecule has 0 amide bonds. The van der Waals surface area contributed by atoms with Crippen LogP contribution >= 0.6 is 0 Å². The zero-order valence-corrected chi connectivity index (χ0v) is 16.4. The molecule has 1 aliphatic carbocycles. The molecular weight excluding hydrogens is 348 g/mol. The highest BCUT2D eigenvalue weighted by Gasteiger charge is 2.14. The van der Waals surface area contributed by atoms with Crippen molar-refractivity contribution in [3.05, 3.63) is 76.4 Å². The molecule has 0 heterocycles. The monoisotopic (exact) mass is 376 g/mol. The molecule has 0 radical (unpaired) electrons. The van der Waals surface area contributed by atoms with E-state index in [1.54, 1.807) is 25.1 Å². The van der Waals surface area contributed by atoms with Gasteiger partial charge in [0.2, 0.25) is 0 Å². The maximum Gasteiger partial charge on any atom is 0.331 e. The van der Waals surface area contributed by atoms with Crippen molar-refractivity contribution < 1.29 is 15.0 Å². The van der Waals surface area contributed by atoms with Gasteiger partial charge in [0, 0.05) is 5.57 Å². The summed E-state index contributed by atoms with van der Waals surface area (Å²) < 4.78 is 0. The number of carbonyl (C=O) groups is 1. The number of phenolic OH excluding ortho intramolecular Hbond substituents is 1. The van der Waals surface area contributed by atoms with E-state index in [0.29, 0.717) is 5.57 Å². The van der Waals surface area contributed by atoms with Crippen LogP contribution in [0.5, 0.6) is 5.75 Å². The molecule has 0 spiro atoms. The Kier molecular flexibility index (Phi) is 6.70. The molecule has 28 heavy (non-hydrogen) atoms. The van der Waals surface area contributed by atoms with Crippen LogP contribution in [0, 0.1) is 0 Å². The molecule has 1 fully saturated rings. The van der Waals surface area contributed by atoms with E-state index in [0.717, 1.165) is 29.5 Å². The second-order valence-electron chi connectivity index (χ2n) is 7.55. The van der Waals surface area contributed by atoms with Crippen LogP contribution < -0.4 is 0 Å². The van der Waals surface area contributed by atoms with Gasteiger partial charge in [0.15, 0.2) is 0 Å². The molecular formula is C25H28O3. The van der Waals surface area contributed by atoms with E-state index in [9.17, 15) is 9.90 Å². The third-order valence-corrected chi connectivity index (χ3v) is 5.39. The zero-order chi connectivity index (χ0) is 19.9. The fraction of sp³-hybridized carbons (Fsp3) is 0.320. The lowest BCUT2D eigenvalue weighted by Gasteiger charge is -2.19. The molecule has 2 aromatic carbocycles. The van der Waals surface area contributed by atoms with Crippen molar-refractivity contribution in [1.29, 1.82) is 0 Å². The lowest BCUT2D eigenvalue weighted by molar-refractivity contribution is -0.132. The van der Waals surface area contributed by atoms with Gasteiger partial charge >= 0.3 is 5.97 Å². The van der Waals surface area contributed by atoms with Crippen LogP contribution in [-0.4, -0.2) is 16.2 Å². The average molecular weight is 376 g/mol. The Morgan fingerprint density at radius 1 is 0.821 bits per heavy atom. The third-order valence-electron chi connectivity index (χ3n) is 5.39. The topological polar surface area (TPSA) is 57.5 Å². The molecule has 3 heteroatoms. The standard InChI is InChI=1S/C25H28O3/c1-18(25(27)28)17-19-9-11-21(12-10-19)24(22-13-15-23(26)16-14-22)20-7-5-3-2-4-6-8-20/h9-17,26H,2-8H2,1H3,(H,27,28). The van der Waals surface area contributed by atoms with E-state index >= 15 is 0 Å². The van der Waals surface area contributed by atoms with Gasteiger partial charge in [0.1, 0.15) is 5.75 Å². The molecule has 146 valence electrons. The Labute approximate surface area is 167 Å². The highest BCUT2D eigenvalue weighted by molar-refractivity contribution is 5.91. The van der Waals surface area contributed by atoms with Crippen LogP contribution in [0.15, 0.2) is 59.7 Å². The number of aromatic hydroxyl groups is 1. The van der Waals surface area contributed by atoms with Crippen molar-refractivity contribution in [3.63, 3.8) is 0 Å². The van der Waals surface area contributed by atoms with Crippen molar-refractivity contribution in [3.8, 4) is 5.75 Å². The molecule has 0 unspecified atom stereocenters. The zero-order valence-electron chi connectivity index (χ0n) is 16.4. The van der Waals surface area contributed by atoms with Crippen molar-refractivity contribution >= 4 is 17.6 Å². The first-order valence-electron chi connectivity index (χ1n) is 10.1. The Bertz CT molecular complexity index is 861. The molecule has 0 aromatic heterocycles. The quantitative estimate of drug-likeness (QED) is 0.605. The van der Waals surface area contributed by atoms with Crippen molar-refractivity contribution in [2.24, 2.45) is 0 Å². The molecule has 3 nitrogen and oxygen atoms in total. The summed E-state index contributed by atoms with van der Waals surface area (Å²) >= 11 is 0. The van der Waals surface area contributed by atoms with Crippen LogP contribution in [0.3, 0.4) is 0 Å². The first-order chi connectivity index (χ1) is 13.5. The second-order valence-corrected chi connectivity index (χ2v) is 7.55. The van der Waals surface area contributed by atoms with Crippen molar-refractivity contribution in [1.82, 2.24) is 0 Å². The maximum absolute atomic E-state index is 11.1. The van der Waals surface area contributed by atoms with Gasteiger partial charge in [0.05, 0.1) is 0 Å². The fourth-order valence-electron chi connectivity index (χ4n) is 3.84. The number of hydrogen-bond acceptors (Lipinski definition) is 2.